The second kappa shape index (κ2) is 6.59. The fourth-order valence-corrected chi connectivity index (χ4v) is 3.19. The zero-order valence-electron chi connectivity index (χ0n) is 15.0. The molecule has 0 fully saturated rings. The van der Waals surface area contributed by atoms with Crippen LogP contribution in [0.1, 0.15) is 17.2 Å². The highest BCUT2D eigenvalue weighted by Crippen LogP contribution is 2.30. The minimum Gasteiger partial charge on any atom is -0.493 e. The lowest BCUT2D eigenvalue weighted by molar-refractivity contribution is 0.355. The Morgan fingerprint density at radius 2 is 1.63 bits per heavy atom. The van der Waals surface area contributed by atoms with Gasteiger partial charge >= 0.3 is 0 Å². The Kier molecular flexibility index (Phi) is 4.24. The molecule has 7 nitrogen and oxygen atoms in total. The number of rotatable bonds is 4. The lowest BCUT2D eigenvalue weighted by Crippen LogP contribution is -2.13. The predicted molar refractivity (Wildman–Crippen MR) is 104 cm³/mol. The highest BCUT2D eigenvalue weighted by Gasteiger charge is 2.13. The van der Waals surface area contributed by atoms with Crippen LogP contribution in [0.3, 0.4) is 0 Å². The van der Waals surface area contributed by atoms with Crippen molar-refractivity contribution in [3.8, 4) is 11.5 Å². The monoisotopic (exact) mass is 384 g/mol. The molecule has 2 N–H and O–H groups in total. The smallest absolute Gasteiger partial charge is 0.258 e. The summed E-state index contributed by atoms with van der Waals surface area (Å²) in [7, 11) is 3.06. The van der Waals surface area contributed by atoms with Gasteiger partial charge in [0.2, 0.25) is 0 Å². The van der Waals surface area contributed by atoms with E-state index in [-0.39, 0.29) is 5.56 Å². The van der Waals surface area contributed by atoms with E-state index in [4.69, 9.17) is 21.1 Å². The maximum Gasteiger partial charge on any atom is 0.258 e. The molecule has 0 amide bonds. The summed E-state index contributed by atoms with van der Waals surface area (Å²) in [5.41, 5.74) is 2.92. The van der Waals surface area contributed by atoms with Crippen LogP contribution in [0.4, 0.5) is 0 Å². The quantitative estimate of drug-likeness (QED) is 0.562. The van der Waals surface area contributed by atoms with Crippen molar-refractivity contribution in [2.24, 2.45) is 0 Å². The molecule has 2 heterocycles. The van der Waals surface area contributed by atoms with Gasteiger partial charge in [-0.05, 0) is 30.7 Å². The number of nitrogens with zero attached hydrogens (tertiary/aromatic N) is 2. The van der Waals surface area contributed by atoms with Gasteiger partial charge in [0.15, 0.2) is 11.5 Å². The Hall–Kier alpha value is -3.06. The number of benzene rings is 2. The first-order chi connectivity index (χ1) is 13.0. The lowest BCUT2D eigenvalue weighted by atomic mass is 10.2. The van der Waals surface area contributed by atoms with Crippen molar-refractivity contribution in [1.29, 1.82) is 0 Å². The minimum absolute atomic E-state index is 0.244. The zero-order chi connectivity index (χ0) is 19.1. The van der Waals surface area contributed by atoms with Crippen LogP contribution in [0.5, 0.6) is 11.5 Å². The number of aryl methyl sites for hydroxylation is 1. The highest BCUT2D eigenvalue weighted by molar-refractivity contribution is 6.32. The van der Waals surface area contributed by atoms with Gasteiger partial charge in [-0.25, -0.2) is 9.97 Å². The van der Waals surface area contributed by atoms with Crippen LogP contribution in [0, 0.1) is 6.92 Å². The van der Waals surface area contributed by atoms with Gasteiger partial charge in [0, 0.05) is 11.1 Å². The normalized spacial score (nSPS) is 11.3. The second-order valence-corrected chi connectivity index (χ2v) is 6.62. The Morgan fingerprint density at radius 1 is 0.963 bits per heavy atom. The summed E-state index contributed by atoms with van der Waals surface area (Å²) in [6, 6.07) is 7.08. The zero-order valence-corrected chi connectivity index (χ0v) is 15.8. The van der Waals surface area contributed by atoms with E-state index in [1.807, 2.05) is 19.1 Å². The molecule has 27 heavy (non-hydrogen) atoms. The fourth-order valence-electron chi connectivity index (χ4n) is 3.03. The molecule has 4 rings (SSSR count). The van der Waals surface area contributed by atoms with Crippen LogP contribution in [-0.4, -0.2) is 34.2 Å². The van der Waals surface area contributed by atoms with E-state index >= 15 is 0 Å². The molecule has 0 saturated carbocycles. The molecule has 2 aromatic heterocycles. The molecule has 0 aliphatic rings. The van der Waals surface area contributed by atoms with E-state index in [0.717, 1.165) is 16.6 Å². The summed E-state index contributed by atoms with van der Waals surface area (Å²) >= 11 is 6.16. The third-order valence-corrected chi connectivity index (χ3v) is 4.81. The van der Waals surface area contributed by atoms with Crippen LogP contribution >= 0.6 is 11.6 Å². The van der Waals surface area contributed by atoms with Crippen LogP contribution < -0.4 is 15.0 Å². The summed E-state index contributed by atoms with van der Waals surface area (Å²) in [6.45, 7) is 1.94. The summed E-state index contributed by atoms with van der Waals surface area (Å²) in [6.07, 6.45) is 0.352. The molecule has 0 saturated heterocycles. The first kappa shape index (κ1) is 17.4. The Bertz CT molecular complexity index is 1190. The summed E-state index contributed by atoms with van der Waals surface area (Å²) in [5, 5.41) is 1.10. The molecule has 0 radical (unpaired) electrons. The van der Waals surface area contributed by atoms with Gasteiger partial charge in [0.05, 0.1) is 42.6 Å². The Balaban J connectivity index is 1.77. The predicted octanol–water partition coefficient (Wildman–Crippen LogP) is 3.37. The lowest BCUT2D eigenvalue weighted by Gasteiger charge is -2.09. The van der Waals surface area contributed by atoms with E-state index in [9.17, 15) is 4.79 Å². The van der Waals surface area contributed by atoms with Gasteiger partial charge in [0.1, 0.15) is 11.6 Å². The summed E-state index contributed by atoms with van der Waals surface area (Å²) in [5.74, 6) is 2.19. The third kappa shape index (κ3) is 3.10. The van der Waals surface area contributed by atoms with E-state index in [1.54, 1.807) is 19.2 Å². The van der Waals surface area contributed by atoms with Gasteiger partial charge in [-0.3, -0.25) is 4.79 Å². The van der Waals surface area contributed by atoms with Crippen molar-refractivity contribution >= 4 is 33.5 Å². The molecule has 0 unspecified atom stereocenters. The van der Waals surface area contributed by atoms with E-state index in [1.165, 1.54) is 7.11 Å². The SMILES string of the molecule is COc1cc2nc(Cc3nc4cc(Cl)c(C)cc4[nH]3)[nH]c(=O)c2cc1OC. The number of hydrogen-bond acceptors (Lipinski definition) is 5. The average molecular weight is 385 g/mol. The Morgan fingerprint density at radius 3 is 2.37 bits per heavy atom. The van der Waals surface area contributed by atoms with Crippen molar-refractivity contribution < 1.29 is 9.47 Å². The number of ether oxygens (including phenoxy) is 2. The van der Waals surface area contributed by atoms with Crippen molar-refractivity contribution in [2.45, 2.75) is 13.3 Å². The molecule has 4 aromatic rings. The molecule has 8 heteroatoms. The first-order valence-corrected chi connectivity index (χ1v) is 8.66. The van der Waals surface area contributed by atoms with Crippen molar-refractivity contribution in [3.05, 3.63) is 56.9 Å². The molecule has 138 valence electrons. The maximum absolute atomic E-state index is 12.5. The molecular weight excluding hydrogens is 368 g/mol. The van der Waals surface area contributed by atoms with Crippen LogP contribution in [-0.2, 0) is 6.42 Å². The van der Waals surface area contributed by atoms with E-state index in [0.29, 0.717) is 45.5 Å². The number of aromatic amines is 2. The summed E-state index contributed by atoms with van der Waals surface area (Å²) < 4.78 is 10.5. The number of methoxy groups -OCH3 is 2. The second-order valence-electron chi connectivity index (χ2n) is 6.22. The topological polar surface area (TPSA) is 92.9 Å². The molecule has 0 atom stereocenters. The number of nitrogens with one attached hydrogen (secondary N) is 2. The number of imidazole rings is 1. The van der Waals surface area contributed by atoms with Gasteiger partial charge in [-0.2, -0.15) is 0 Å². The van der Waals surface area contributed by atoms with Crippen molar-refractivity contribution in [2.75, 3.05) is 14.2 Å². The molecule has 0 bridgehead atoms. The van der Waals surface area contributed by atoms with Crippen molar-refractivity contribution in [3.63, 3.8) is 0 Å². The van der Waals surface area contributed by atoms with Crippen LogP contribution in [0.15, 0.2) is 29.1 Å². The van der Waals surface area contributed by atoms with Gasteiger partial charge in [-0.15, -0.1) is 0 Å². The van der Waals surface area contributed by atoms with Gasteiger partial charge in [0.25, 0.3) is 5.56 Å². The van der Waals surface area contributed by atoms with E-state index < -0.39 is 0 Å². The number of halogens is 1. The summed E-state index contributed by atoms with van der Waals surface area (Å²) in [4.78, 5) is 27.6. The van der Waals surface area contributed by atoms with Crippen molar-refractivity contribution in [1.82, 2.24) is 19.9 Å². The van der Waals surface area contributed by atoms with Gasteiger partial charge < -0.3 is 19.4 Å². The third-order valence-electron chi connectivity index (χ3n) is 4.41. The molecule has 0 spiro atoms. The maximum atomic E-state index is 12.5. The number of aromatic nitrogens is 4. The number of fused-ring (bicyclic) bond motifs is 2. The molecule has 0 aliphatic carbocycles. The minimum atomic E-state index is -0.244. The average Bonchev–Trinajstić information content (AvgIpc) is 3.01. The molecular formula is C19H17ClN4O3. The first-order valence-electron chi connectivity index (χ1n) is 8.28. The standard InChI is InChI=1S/C19H17ClN4O3/c1-9-4-13-14(6-11(9)20)23-17(22-13)8-18-21-12-7-16(27-3)15(26-2)5-10(12)19(25)24-18/h4-7H,8H2,1-3H3,(H,22,23)(H,21,24,25). The highest BCUT2D eigenvalue weighted by atomic mass is 35.5. The van der Waals surface area contributed by atoms with Gasteiger partial charge in [-0.1, -0.05) is 11.6 Å². The van der Waals surface area contributed by atoms with Crippen LogP contribution in [0.2, 0.25) is 5.02 Å². The van der Waals surface area contributed by atoms with Crippen LogP contribution in [0.25, 0.3) is 21.9 Å². The number of hydrogen-bond donors (Lipinski definition) is 2. The molecule has 2 aromatic carbocycles. The Labute approximate surface area is 159 Å². The largest absolute Gasteiger partial charge is 0.493 e. The number of H-pyrrole nitrogens is 2. The van der Waals surface area contributed by atoms with E-state index in [2.05, 4.69) is 19.9 Å². The molecule has 0 aliphatic heterocycles. The fraction of sp³-hybridized carbons (Fsp3) is 0.211.